The molecule has 3 rings (SSSR count). The first kappa shape index (κ1) is 11.6. The Labute approximate surface area is 111 Å². The molecule has 0 saturated heterocycles. The van der Waals surface area contributed by atoms with Crippen LogP contribution >= 0.6 is 0 Å². The van der Waals surface area contributed by atoms with Crippen LogP contribution in [0.1, 0.15) is 17.0 Å². The quantitative estimate of drug-likeness (QED) is 0.777. The zero-order chi connectivity index (χ0) is 13.1. The number of pyridine rings is 1. The molecule has 0 aliphatic heterocycles. The lowest BCUT2D eigenvalue weighted by atomic mass is 10.1. The van der Waals surface area contributed by atoms with E-state index in [1.165, 1.54) is 5.56 Å². The Balaban J connectivity index is 1.84. The molecular formula is C15H14N4. The first-order chi connectivity index (χ1) is 9.31. The van der Waals surface area contributed by atoms with Gasteiger partial charge in [0.2, 0.25) is 0 Å². The van der Waals surface area contributed by atoms with Gasteiger partial charge < -0.3 is 0 Å². The molecule has 0 atom stereocenters. The molecule has 1 aromatic carbocycles. The molecule has 4 heteroatoms. The van der Waals surface area contributed by atoms with Crippen molar-refractivity contribution in [2.75, 3.05) is 0 Å². The van der Waals surface area contributed by atoms with Crippen LogP contribution in [0.3, 0.4) is 0 Å². The SMILES string of the molecule is Cc1ccnc(-c2n[nH]c(Cc3ccccc3)n2)c1. The second-order valence-corrected chi connectivity index (χ2v) is 4.49. The van der Waals surface area contributed by atoms with Gasteiger partial charge in [-0.05, 0) is 30.2 Å². The van der Waals surface area contributed by atoms with Gasteiger partial charge in [0.25, 0.3) is 0 Å². The van der Waals surface area contributed by atoms with E-state index in [4.69, 9.17) is 0 Å². The van der Waals surface area contributed by atoms with Gasteiger partial charge >= 0.3 is 0 Å². The minimum absolute atomic E-state index is 0.648. The third-order valence-electron chi connectivity index (χ3n) is 2.89. The molecule has 0 radical (unpaired) electrons. The van der Waals surface area contributed by atoms with Crippen molar-refractivity contribution in [1.82, 2.24) is 20.2 Å². The number of hydrogen-bond donors (Lipinski definition) is 1. The van der Waals surface area contributed by atoms with Crippen LogP contribution in [0.2, 0.25) is 0 Å². The first-order valence-electron chi connectivity index (χ1n) is 6.19. The van der Waals surface area contributed by atoms with E-state index in [1.807, 2.05) is 37.3 Å². The summed E-state index contributed by atoms with van der Waals surface area (Å²) in [6, 6.07) is 14.1. The van der Waals surface area contributed by atoms with Crippen LogP contribution in [-0.2, 0) is 6.42 Å². The number of aromatic nitrogens is 4. The van der Waals surface area contributed by atoms with Crippen molar-refractivity contribution in [2.24, 2.45) is 0 Å². The number of nitrogens with zero attached hydrogens (tertiary/aromatic N) is 3. The summed E-state index contributed by atoms with van der Waals surface area (Å²) in [5.41, 5.74) is 3.16. The smallest absolute Gasteiger partial charge is 0.199 e. The third kappa shape index (κ3) is 2.68. The summed E-state index contributed by atoms with van der Waals surface area (Å²) in [5, 5.41) is 7.20. The van der Waals surface area contributed by atoms with Gasteiger partial charge in [0.15, 0.2) is 5.82 Å². The van der Waals surface area contributed by atoms with Gasteiger partial charge in [-0.1, -0.05) is 30.3 Å². The lowest BCUT2D eigenvalue weighted by Crippen LogP contribution is -1.90. The highest BCUT2D eigenvalue weighted by Gasteiger charge is 2.07. The van der Waals surface area contributed by atoms with Crippen LogP contribution in [0.15, 0.2) is 48.7 Å². The molecule has 94 valence electrons. The normalized spacial score (nSPS) is 10.6. The number of nitrogens with one attached hydrogen (secondary N) is 1. The van der Waals surface area contributed by atoms with Gasteiger partial charge in [-0.25, -0.2) is 4.98 Å². The van der Waals surface area contributed by atoms with E-state index < -0.39 is 0 Å². The summed E-state index contributed by atoms with van der Waals surface area (Å²) in [6.07, 6.45) is 2.53. The highest BCUT2D eigenvalue weighted by Crippen LogP contribution is 2.14. The zero-order valence-electron chi connectivity index (χ0n) is 10.7. The predicted octanol–water partition coefficient (Wildman–Crippen LogP) is 2.77. The van der Waals surface area contributed by atoms with Gasteiger partial charge in [0, 0.05) is 12.6 Å². The first-order valence-corrected chi connectivity index (χ1v) is 6.19. The third-order valence-corrected chi connectivity index (χ3v) is 2.89. The molecule has 4 nitrogen and oxygen atoms in total. The average Bonchev–Trinajstić information content (AvgIpc) is 2.88. The Hall–Kier alpha value is -2.49. The highest BCUT2D eigenvalue weighted by molar-refractivity contribution is 5.49. The Morgan fingerprint density at radius 3 is 2.74 bits per heavy atom. The second kappa shape index (κ2) is 5.02. The van der Waals surface area contributed by atoms with Crippen LogP contribution in [0, 0.1) is 6.92 Å². The highest BCUT2D eigenvalue weighted by atomic mass is 15.2. The number of aryl methyl sites for hydroxylation is 1. The van der Waals surface area contributed by atoms with Crippen molar-refractivity contribution in [2.45, 2.75) is 13.3 Å². The minimum Gasteiger partial charge on any atom is -0.262 e. The predicted molar refractivity (Wildman–Crippen MR) is 73.6 cm³/mol. The van der Waals surface area contributed by atoms with Crippen LogP contribution in [-0.4, -0.2) is 20.2 Å². The summed E-state index contributed by atoms with van der Waals surface area (Å²) in [7, 11) is 0. The van der Waals surface area contributed by atoms with Gasteiger partial charge in [-0.2, -0.15) is 5.10 Å². The largest absolute Gasteiger partial charge is 0.262 e. The van der Waals surface area contributed by atoms with Crippen molar-refractivity contribution in [3.05, 3.63) is 65.6 Å². The molecule has 0 aliphatic rings. The molecule has 0 amide bonds. The summed E-state index contributed by atoms with van der Waals surface area (Å²) < 4.78 is 0. The van der Waals surface area contributed by atoms with Gasteiger partial charge in [-0.15, -0.1) is 0 Å². The number of hydrogen-bond acceptors (Lipinski definition) is 3. The van der Waals surface area contributed by atoms with E-state index in [0.717, 1.165) is 23.5 Å². The van der Waals surface area contributed by atoms with E-state index in [1.54, 1.807) is 6.20 Å². The Kier molecular flexibility index (Phi) is 3.06. The lowest BCUT2D eigenvalue weighted by Gasteiger charge is -1.96. The van der Waals surface area contributed by atoms with Gasteiger partial charge in [0.05, 0.1) is 0 Å². The lowest BCUT2D eigenvalue weighted by molar-refractivity contribution is 0.972. The molecule has 0 bridgehead atoms. The van der Waals surface area contributed by atoms with Crippen molar-refractivity contribution in [1.29, 1.82) is 0 Å². The van der Waals surface area contributed by atoms with E-state index in [2.05, 4.69) is 32.3 Å². The molecule has 0 aliphatic carbocycles. The van der Waals surface area contributed by atoms with E-state index in [-0.39, 0.29) is 0 Å². The fourth-order valence-corrected chi connectivity index (χ4v) is 1.94. The molecule has 0 spiro atoms. The fourth-order valence-electron chi connectivity index (χ4n) is 1.94. The molecular weight excluding hydrogens is 236 g/mol. The van der Waals surface area contributed by atoms with E-state index in [9.17, 15) is 0 Å². The molecule has 0 fully saturated rings. The Bertz CT molecular complexity index is 673. The molecule has 19 heavy (non-hydrogen) atoms. The Morgan fingerprint density at radius 2 is 1.95 bits per heavy atom. The molecule has 2 aromatic heterocycles. The molecule has 3 aromatic rings. The maximum Gasteiger partial charge on any atom is 0.199 e. The average molecular weight is 250 g/mol. The number of aromatic amines is 1. The maximum atomic E-state index is 4.49. The molecule has 2 heterocycles. The Morgan fingerprint density at radius 1 is 1.11 bits per heavy atom. The van der Waals surface area contributed by atoms with Crippen molar-refractivity contribution in [3.63, 3.8) is 0 Å². The monoisotopic (exact) mass is 250 g/mol. The summed E-state index contributed by atoms with van der Waals surface area (Å²) in [4.78, 5) is 8.77. The second-order valence-electron chi connectivity index (χ2n) is 4.49. The number of rotatable bonds is 3. The zero-order valence-corrected chi connectivity index (χ0v) is 10.7. The van der Waals surface area contributed by atoms with E-state index in [0.29, 0.717) is 5.82 Å². The molecule has 0 saturated carbocycles. The standard InChI is InChI=1S/C15H14N4/c1-11-7-8-16-13(9-11)15-17-14(18-19-15)10-12-5-3-2-4-6-12/h2-9H,10H2,1H3,(H,17,18,19). The fraction of sp³-hybridized carbons (Fsp3) is 0.133. The molecule has 1 N–H and O–H groups in total. The summed E-state index contributed by atoms with van der Waals surface area (Å²) in [6.45, 7) is 2.03. The molecule has 0 unspecified atom stereocenters. The van der Waals surface area contributed by atoms with Gasteiger partial charge in [-0.3, -0.25) is 10.1 Å². The summed E-state index contributed by atoms with van der Waals surface area (Å²) in [5.74, 6) is 1.50. The van der Waals surface area contributed by atoms with Crippen molar-refractivity contribution < 1.29 is 0 Å². The minimum atomic E-state index is 0.648. The van der Waals surface area contributed by atoms with Crippen molar-refractivity contribution in [3.8, 4) is 11.5 Å². The number of benzene rings is 1. The topological polar surface area (TPSA) is 54.5 Å². The van der Waals surface area contributed by atoms with E-state index >= 15 is 0 Å². The summed E-state index contributed by atoms with van der Waals surface area (Å²) >= 11 is 0. The number of H-pyrrole nitrogens is 1. The van der Waals surface area contributed by atoms with Crippen LogP contribution in [0.25, 0.3) is 11.5 Å². The maximum absolute atomic E-state index is 4.49. The van der Waals surface area contributed by atoms with Crippen LogP contribution in [0.5, 0.6) is 0 Å². The van der Waals surface area contributed by atoms with Crippen LogP contribution in [0.4, 0.5) is 0 Å². The van der Waals surface area contributed by atoms with Gasteiger partial charge in [0.1, 0.15) is 11.5 Å². The van der Waals surface area contributed by atoms with Crippen molar-refractivity contribution >= 4 is 0 Å². The van der Waals surface area contributed by atoms with Crippen LogP contribution < -0.4 is 0 Å².